The Labute approximate surface area is 172 Å². The van der Waals surface area contributed by atoms with E-state index in [1.807, 2.05) is 48.5 Å². The molecule has 4 rings (SSSR count). The molecule has 152 valence electrons. The van der Waals surface area contributed by atoms with E-state index in [2.05, 4.69) is 14.4 Å². The fourth-order valence-electron chi connectivity index (χ4n) is 3.85. The van der Waals surface area contributed by atoms with Crippen molar-refractivity contribution in [2.75, 3.05) is 5.75 Å². The molecule has 6 nitrogen and oxygen atoms in total. The molecular formula is C22H26N4O2S. The van der Waals surface area contributed by atoms with Gasteiger partial charge in [-0.3, -0.25) is 9.67 Å². The number of hydrogen-bond donors (Lipinski definition) is 1. The van der Waals surface area contributed by atoms with E-state index in [0.717, 1.165) is 35.4 Å². The topological polar surface area (TPSA) is 76.9 Å². The number of hydrogen-bond acceptors (Lipinski definition) is 4. The van der Waals surface area contributed by atoms with Gasteiger partial charge in [-0.25, -0.2) is 13.1 Å². The quantitative estimate of drug-likeness (QED) is 0.614. The van der Waals surface area contributed by atoms with Crippen molar-refractivity contribution in [1.82, 2.24) is 19.5 Å². The van der Waals surface area contributed by atoms with Crippen molar-refractivity contribution in [2.45, 2.75) is 44.7 Å². The maximum absolute atomic E-state index is 12.4. The lowest BCUT2D eigenvalue weighted by molar-refractivity contribution is 0.467. The number of sulfonamides is 1. The molecule has 2 heterocycles. The van der Waals surface area contributed by atoms with Gasteiger partial charge in [-0.05, 0) is 43.0 Å². The maximum Gasteiger partial charge on any atom is 0.212 e. The largest absolute Gasteiger partial charge is 0.265 e. The van der Waals surface area contributed by atoms with Gasteiger partial charge in [0.1, 0.15) is 0 Å². The van der Waals surface area contributed by atoms with Gasteiger partial charge >= 0.3 is 0 Å². The summed E-state index contributed by atoms with van der Waals surface area (Å²) < 4.78 is 29.7. The van der Waals surface area contributed by atoms with E-state index in [0.29, 0.717) is 12.5 Å². The van der Waals surface area contributed by atoms with Gasteiger partial charge in [0.05, 0.1) is 29.7 Å². The Hall–Kier alpha value is -2.51. The smallest absolute Gasteiger partial charge is 0.212 e. The minimum Gasteiger partial charge on any atom is -0.265 e. The number of rotatable bonds is 8. The third-order valence-corrected chi connectivity index (χ3v) is 6.73. The van der Waals surface area contributed by atoms with Gasteiger partial charge in [-0.2, -0.15) is 5.10 Å². The van der Waals surface area contributed by atoms with Crippen molar-refractivity contribution in [2.24, 2.45) is 0 Å². The summed E-state index contributed by atoms with van der Waals surface area (Å²) in [6.07, 6.45) is 8.68. The summed E-state index contributed by atoms with van der Waals surface area (Å²) in [4.78, 5) is 4.10. The van der Waals surface area contributed by atoms with E-state index in [-0.39, 0.29) is 12.3 Å². The number of aromatic nitrogens is 3. The molecule has 0 amide bonds. The Bertz CT molecular complexity index is 1030. The van der Waals surface area contributed by atoms with E-state index >= 15 is 0 Å². The van der Waals surface area contributed by atoms with Gasteiger partial charge in [-0.1, -0.05) is 43.2 Å². The molecule has 0 radical (unpaired) electrons. The van der Waals surface area contributed by atoms with Crippen LogP contribution < -0.4 is 4.72 Å². The van der Waals surface area contributed by atoms with E-state index in [9.17, 15) is 8.42 Å². The summed E-state index contributed by atoms with van der Waals surface area (Å²) in [5, 5.41) is 4.76. The maximum atomic E-state index is 12.4. The van der Waals surface area contributed by atoms with Crippen molar-refractivity contribution >= 4 is 10.0 Å². The van der Waals surface area contributed by atoms with Crippen LogP contribution in [-0.4, -0.2) is 28.9 Å². The minimum absolute atomic E-state index is 0.0670. The highest BCUT2D eigenvalue weighted by molar-refractivity contribution is 7.89. The molecular weight excluding hydrogens is 384 g/mol. The molecule has 0 spiro atoms. The van der Waals surface area contributed by atoms with Crippen molar-refractivity contribution < 1.29 is 8.42 Å². The van der Waals surface area contributed by atoms with Gasteiger partial charge in [0.15, 0.2) is 0 Å². The molecule has 1 N–H and O–H groups in total. The Kier molecular flexibility index (Phi) is 6.06. The Morgan fingerprint density at radius 3 is 2.48 bits per heavy atom. The lowest BCUT2D eigenvalue weighted by atomic mass is 10.1. The Morgan fingerprint density at radius 2 is 1.76 bits per heavy atom. The highest BCUT2D eigenvalue weighted by Crippen LogP contribution is 2.33. The fraction of sp³-hybridized carbons (Fsp3) is 0.364. The van der Waals surface area contributed by atoms with Crippen LogP contribution in [0.25, 0.3) is 11.3 Å². The highest BCUT2D eigenvalue weighted by Gasteiger charge is 2.22. The van der Waals surface area contributed by atoms with Gasteiger partial charge < -0.3 is 0 Å². The second-order valence-corrected chi connectivity index (χ2v) is 9.44. The molecule has 1 aromatic carbocycles. The zero-order chi connectivity index (χ0) is 20.1. The van der Waals surface area contributed by atoms with E-state index in [4.69, 9.17) is 5.10 Å². The minimum atomic E-state index is -3.37. The van der Waals surface area contributed by atoms with Gasteiger partial charge in [-0.15, -0.1) is 0 Å². The molecule has 0 bridgehead atoms. The third kappa shape index (κ3) is 5.10. The normalized spacial score (nSPS) is 15.0. The standard InChI is InChI=1S/C22H26N4O2S/c27-29(28,15-12-18-6-2-1-3-7-18)24-17-20-16-22(19-10-13-23-14-11-19)26(25-20)21-8-4-5-9-21/h1-3,6-7,10-11,13-14,16,21,24H,4-5,8-9,12,15,17H2. The van der Waals surface area contributed by atoms with Crippen LogP contribution in [-0.2, 0) is 23.0 Å². The number of nitrogens with zero attached hydrogens (tertiary/aromatic N) is 3. The zero-order valence-electron chi connectivity index (χ0n) is 16.4. The van der Waals surface area contributed by atoms with Crippen LogP contribution in [0, 0.1) is 0 Å². The summed E-state index contributed by atoms with van der Waals surface area (Å²) >= 11 is 0. The molecule has 1 saturated carbocycles. The molecule has 0 atom stereocenters. The number of pyridine rings is 1. The summed E-state index contributed by atoms with van der Waals surface area (Å²) in [7, 11) is -3.37. The van der Waals surface area contributed by atoms with Crippen LogP contribution in [0.2, 0.25) is 0 Å². The molecule has 0 aliphatic heterocycles. The lowest BCUT2D eigenvalue weighted by Gasteiger charge is -2.14. The molecule has 3 aromatic rings. The number of aryl methyl sites for hydroxylation is 1. The van der Waals surface area contributed by atoms with Crippen molar-refractivity contribution in [3.05, 3.63) is 72.2 Å². The van der Waals surface area contributed by atoms with Crippen LogP contribution in [0.5, 0.6) is 0 Å². The zero-order valence-corrected chi connectivity index (χ0v) is 17.2. The summed E-state index contributed by atoms with van der Waals surface area (Å²) in [5.74, 6) is 0.0670. The molecule has 0 saturated heterocycles. The predicted octanol–water partition coefficient (Wildman–Crippen LogP) is 3.72. The summed E-state index contributed by atoms with van der Waals surface area (Å²) in [6, 6.07) is 16.0. The molecule has 29 heavy (non-hydrogen) atoms. The lowest BCUT2D eigenvalue weighted by Crippen LogP contribution is -2.27. The van der Waals surface area contributed by atoms with Crippen LogP contribution in [0.15, 0.2) is 60.9 Å². The molecule has 1 fully saturated rings. The number of nitrogens with one attached hydrogen (secondary N) is 1. The van der Waals surface area contributed by atoms with Crippen LogP contribution in [0.3, 0.4) is 0 Å². The first kappa shape index (κ1) is 19.8. The van der Waals surface area contributed by atoms with Crippen LogP contribution in [0.1, 0.15) is 43.0 Å². The molecule has 7 heteroatoms. The average Bonchev–Trinajstić information content (AvgIpc) is 3.42. The van der Waals surface area contributed by atoms with Crippen molar-refractivity contribution in [3.63, 3.8) is 0 Å². The van der Waals surface area contributed by atoms with E-state index in [1.165, 1.54) is 12.8 Å². The molecule has 1 aliphatic rings. The number of benzene rings is 1. The third-order valence-electron chi connectivity index (χ3n) is 5.41. The van der Waals surface area contributed by atoms with Gasteiger partial charge in [0.25, 0.3) is 0 Å². The van der Waals surface area contributed by atoms with E-state index < -0.39 is 10.0 Å². The van der Waals surface area contributed by atoms with Crippen LogP contribution >= 0.6 is 0 Å². The van der Waals surface area contributed by atoms with Crippen molar-refractivity contribution in [3.8, 4) is 11.3 Å². The first-order chi connectivity index (χ1) is 14.1. The van der Waals surface area contributed by atoms with Gasteiger partial charge in [0.2, 0.25) is 10.0 Å². The van der Waals surface area contributed by atoms with Gasteiger partial charge in [0, 0.05) is 18.0 Å². The van der Waals surface area contributed by atoms with Crippen molar-refractivity contribution in [1.29, 1.82) is 0 Å². The van der Waals surface area contributed by atoms with Crippen LogP contribution in [0.4, 0.5) is 0 Å². The molecule has 0 unspecified atom stereocenters. The first-order valence-corrected chi connectivity index (χ1v) is 11.8. The SMILES string of the molecule is O=S(=O)(CCc1ccccc1)NCc1cc(-c2ccncc2)n(C2CCCC2)n1. The first-order valence-electron chi connectivity index (χ1n) is 10.1. The fourth-order valence-corrected chi connectivity index (χ4v) is 4.87. The van der Waals surface area contributed by atoms with E-state index in [1.54, 1.807) is 12.4 Å². The average molecular weight is 411 g/mol. The monoisotopic (exact) mass is 410 g/mol. The molecule has 1 aliphatic carbocycles. The Morgan fingerprint density at radius 1 is 1.03 bits per heavy atom. The summed E-state index contributed by atoms with van der Waals surface area (Å²) in [6.45, 7) is 0.203. The summed E-state index contributed by atoms with van der Waals surface area (Å²) in [5.41, 5.74) is 3.84. The second kappa shape index (κ2) is 8.88. The molecule has 2 aromatic heterocycles. The Balaban J connectivity index is 1.47. The highest BCUT2D eigenvalue weighted by atomic mass is 32.2. The second-order valence-electron chi connectivity index (χ2n) is 7.52. The predicted molar refractivity (Wildman–Crippen MR) is 114 cm³/mol.